The summed E-state index contributed by atoms with van der Waals surface area (Å²) < 4.78 is 5.30. The zero-order valence-electron chi connectivity index (χ0n) is 12.6. The van der Waals surface area contributed by atoms with Crippen LogP contribution in [0.1, 0.15) is 11.1 Å². The van der Waals surface area contributed by atoms with Gasteiger partial charge in [0.05, 0.1) is 0 Å². The third-order valence-corrected chi connectivity index (χ3v) is 4.15. The first-order valence-corrected chi connectivity index (χ1v) is 7.38. The molecule has 0 atom stereocenters. The van der Waals surface area contributed by atoms with Gasteiger partial charge in [0.15, 0.2) is 0 Å². The standard InChI is InChI=1S/C16H18N2O2S/c1-11-9-13(20-16(19)18(3)4)10-12(2)15(11)21-14-7-5-6-8-17-14/h5-10H,1-4H3. The van der Waals surface area contributed by atoms with Gasteiger partial charge in [-0.25, -0.2) is 9.78 Å². The Labute approximate surface area is 129 Å². The first kappa shape index (κ1) is 15.4. The van der Waals surface area contributed by atoms with Crippen LogP contribution in [0.25, 0.3) is 0 Å². The highest BCUT2D eigenvalue weighted by atomic mass is 32.2. The number of hydrogen-bond acceptors (Lipinski definition) is 4. The van der Waals surface area contributed by atoms with Crippen LogP contribution >= 0.6 is 11.8 Å². The maximum Gasteiger partial charge on any atom is 0.414 e. The molecule has 0 N–H and O–H groups in total. The van der Waals surface area contributed by atoms with Crippen LogP contribution in [-0.4, -0.2) is 30.1 Å². The van der Waals surface area contributed by atoms with E-state index in [-0.39, 0.29) is 6.09 Å². The number of benzene rings is 1. The topological polar surface area (TPSA) is 42.4 Å². The molecule has 0 saturated carbocycles. The number of rotatable bonds is 3. The minimum Gasteiger partial charge on any atom is -0.410 e. The van der Waals surface area contributed by atoms with Gasteiger partial charge in [-0.1, -0.05) is 17.8 Å². The van der Waals surface area contributed by atoms with E-state index >= 15 is 0 Å². The summed E-state index contributed by atoms with van der Waals surface area (Å²) in [6.07, 6.45) is 1.40. The molecule has 1 aromatic heterocycles. The minimum absolute atomic E-state index is 0.376. The van der Waals surface area contributed by atoms with E-state index in [2.05, 4.69) is 4.98 Å². The summed E-state index contributed by atoms with van der Waals surface area (Å²) in [5.41, 5.74) is 2.12. The van der Waals surface area contributed by atoms with Gasteiger partial charge in [-0.05, 0) is 49.2 Å². The van der Waals surface area contributed by atoms with Crippen molar-refractivity contribution in [3.63, 3.8) is 0 Å². The lowest BCUT2D eigenvalue weighted by Crippen LogP contribution is -2.25. The van der Waals surface area contributed by atoms with Gasteiger partial charge in [0.2, 0.25) is 0 Å². The summed E-state index contributed by atoms with van der Waals surface area (Å²) >= 11 is 1.61. The van der Waals surface area contributed by atoms with E-state index in [1.165, 1.54) is 4.90 Å². The monoisotopic (exact) mass is 302 g/mol. The second-order valence-electron chi connectivity index (χ2n) is 4.92. The Balaban J connectivity index is 2.23. The van der Waals surface area contributed by atoms with E-state index in [1.807, 2.05) is 44.2 Å². The molecule has 110 valence electrons. The van der Waals surface area contributed by atoms with Crippen LogP contribution in [-0.2, 0) is 0 Å². The summed E-state index contributed by atoms with van der Waals surface area (Å²) in [7, 11) is 3.32. The molecule has 2 rings (SSSR count). The fourth-order valence-corrected chi connectivity index (χ4v) is 2.74. The van der Waals surface area contributed by atoms with Crippen molar-refractivity contribution in [2.75, 3.05) is 14.1 Å². The van der Waals surface area contributed by atoms with Gasteiger partial charge >= 0.3 is 6.09 Å². The first-order valence-electron chi connectivity index (χ1n) is 6.56. The average Bonchev–Trinajstić information content (AvgIpc) is 2.44. The molecule has 1 aromatic carbocycles. The summed E-state index contributed by atoms with van der Waals surface area (Å²) in [6.45, 7) is 4.01. The highest BCUT2D eigenvalue weighted by Crippen LogP contribution is 2.34. The number of amides is 1. The summed E-state index contributed by atoms with van der Waals surface area (Å²) in [4.78, 5) is 18.5. The number of carbonyl (C=O) groups is 1. The molecular weight excluding hydrogens is 284 g/mol. The average molecular weight is 302 g/mol. The summed E-state index contributed by atoms with van der Waals surface area (Å²) in [6, 6.07) is 9.59. The fraction of sp³-hybridized carbons (Fsp3) is 0.250. The summed E-state index contributed by atoms with van der Waals surface area (Å²) in [5.74, 6) is 0.564. The number of aromatic nitrogens is 1. The van der Waals surface area contributed by atoms with Gasteiger partial charge in [-0.15, -0.1) is 0 Å². The lowest BCUT2D eigenvalue weighted by atomic mass is 10.1. The maximum atomic E-state index is 11.6. The van der Waals surface area contributed by atoms with Crippen LogP contribution < -0.4 is 4.74 Å². The van der Waals surface area contributed by atoms with Crippen molar-refractivity contribution >= 4 is 17.9 Å². The Kier molecular flexibility index (Phi) is 4.85. The Morgan fingerprint density at radius 2 is 1.86 bits per heavy atom. The van der Waals surface area contributed by atoms with E-state index < -0.39 is 0 Å². The van der Waals surface area contributed by atoms with E-state index in [1.54, 1.807) is 32.1 Å². The van der Waals surface area contributed by atoms with Gasteiger partial charge in [-0.2, -0.15) is 0 Å². The van der Waals surface area contributed by atoms with Crippen molar-refractivity contribution in [3.8, 4) is 5.75 Å². The maximum absolute atomic E-state index is 11.6. The molecule has 0 aliphatic rings. The lowest BCUT2D eigenvalue weighted by molar-refractivity contribution is 0.172. The van der Waals surface area contributed by atoms with Gasteiger partial charge in [-0.3, -0.25) is 0 Å². The number of nitrogens with zero attached hydrogens (tertiary/aromatic N) is 2. The highest BCUT2D eigenvalue weighted by molar-refractivity contribution is 7.99. The molecule has 0 saturated heterocycles. The van der Waals surface area contributed by atoms with E-state index in [9.17, 15) is 4.79 Å². The highest BCUT2D eigenvalue weighted by Gasteiger charge is 2.12. The van der Waals surface area contributed by atoms with Crippen molar-refractivity contribution in [3.05, 3.63) is 47.7 Å². The van der Waals surface area contributed by atoms with Crippen LogP contribution in [0.3, 0.4) is 0 Å². The molecule has 0 radical (unpaired) electrons. The van der Waals surface area contributed by atoms with Crippen LogP contribution in [0.15, 0.2) is 46.5 Å². The molecule has 0 unspecified atom stereocenters. The van der Waals surface area contributed by atoms with E-state index in [4.69, 9.17) is 4.74 Å². The molecule has 1 amide bonds. The van der Waals surface area contributed by atoms with Crippen LogP contribution in [0.4, 0.5) is 4.79 Å². The molecule has 0 spiro atoms. The third-order valence-electron chi connectivity index (χ3n) is 2.85. The molecule has 0 bridgehead atoms. The second kappa shape index (κ2) is 6.63. The number of carbonyl (C=O) groups excluding carboxylic acids is 1. The number of pyridine rings is 1. The molecule has 4 nitrogen and oxygen atoms in total. The van der Waals surface area contributed by atoms with Gasteiger partial charge < -0.3 is 9.64 Å². The quantitative estimate of drug-likeness (QED) is 0.862. The fourth-order valence-electron chi connectivity index (χ4n) is 1.83. The SMILES string of the molecule is Cc1cc(OC(=O)N(C)C)cc(C)c1Sc1ccccn1. The molecule has 0 fully saturated rings. The molecule has 0 aliphatic carbocycles. The predicted octanol–water partition coefficient (Wildman–Crippen LogP) is 3.91. The van der Waals surface area contributed by atoms with Crippen LogP contribution in [0.2, 0.25) is 0 Å². The zero-order chi connectivity index (χ0) is 15.4. The van der Waals surface area contributed by atoms with Gasteiger partial charge in [0.25, 0.3) is 0 Å². The van der Waals surface area contributed by atoms with Crippen LogP contribution in [0, 0.1) is 13.8 Å². The Morgan fingerprint density at radius 1 is 1.19 bits per heavy atom. The Bertz CT molecular complexity index is 619. The van der Waals surface area contributed by atoms with Gasteiger partial charge in [0.1, 0.15) is 10.8 Å². The molecule has 5 heteroatoms. The van der Waals surface area contributed by atoms with Crippen molar-refractivity contribution in [2.45, 2.75) is 23.8 Å². The van der Waals surface area contributed by atoms with Crippen LogP contribution in [0.5, 0.6) is 5.75 Å². The molecule has 0 aliphatic heterocycles. The van der Waals surface area contributed by atoms with Crippen molar-refractivity contribution in [2.24, 2.45) is 0 Å². The molecular formula is C16H18N2O2S. The van der Waals surface area contributed by atoms with Crippen molar-refractivity contribution in [1.82, 2.24) is 9.88 Å². The largest absolute Gasteiger partial charge is 0.414 e. The minimum atomic E-state index is -0.376. The molecule has 2 aromatic rings. The Morgan fingerprint density at radius 3 is 2.38 bits per heavy atom. The molecule has 21 heavy (non-hydrogen) atoms. The zero-order valence-corrected chi connectivity index (χ0v) is 13.4. The smallest absolute Gasteiger partial charge is 0.410 e. The molecule has 1 heterocycles. The number of aryl methyl sites for hydroxylation is 2. The lowest BCUT2D eigenvalue weighted by Gasteiger charge is -2.14. The predicted molar refractivity (Wildman–Crippen MR) is 84.0 cm³/mol. The first-order chi connectivity index (χ1) is 9.97. The van der Waals surface area contributed by atoms with E-state index in [0.717, 1.165) is 21.0 Å². The van der Waals surface area contributed by atoms with Crippen molar-refractivity contribution in [1.29, 1.82) is 0 Å². The summed E-state index contributed by atoms with van der Waals surface area (Å²) in [5, 5.41) is 0.946. The van der Waals surface area contributed by atoms with Gasteiger partial charge in [0, 0.05) is 25.2 Å². The van der Waals surface area contributed by atoms with Crippen molar-refractivity contribution < 1.29 is 9.53 Å². The third kappa shape index (κ3) is 3.98. The number of ether oxygens (including phenoxy) is 1. The number of hydrogen-bond donors (Lipinski definition) is 0. The van der Waals surface area contributed by atoms with E-state index in [0.29, 0.717) is 5.75 Å². The Hall–Kier alpha value is -2.01. The second-order valence-corrected chi connectivity index (χ2v) is 5.95. The normalized spacial score (nSPS) is 10.3.